The maximum atomic E-state index is 12.9. The first kappa shape index (κ1) is 23.2. The van der Waals surface area contributed by atoms with Crippen molar-refractivity contribution in [1.29, 1.82) is 0 Å². The number of fused-ring (bicyclic) bond motifs is 1. The van der Waals surface area contributed by atoms with Gasteiger partial charge in [0.2, 0.25) is 5.78 Å². The third-order valence-corrected chi connectivity index (χ3v) is 5.89. The Bertz CT molecular complexity index is 1420. The number of rotatable bonds is 8. The lowest BCUT2D eigenvalue weighted by atomic mass is 10.1. The monoisotopic (exact) mass is 457 g/mol. The highest BCUT2D eigenvalue weighted by atomic mass is 16.5. The second kappa shape index (κ2) is 9.87. The third-order valence-electron chi connectivity index (χ3n) is 5.89. The van der Waals surface area contributed by atoms with Crippen molar-refractivity contribution < 1.29 is 14.3 Å². The molecule has 0 unspecified atom stereocenters. The van der Waals surface area contributed by atoms with E-state index in [9.17, 15) is 14.4 Å². The van der Waals surface area contributed by atoms with Crippen LogP contribution in [0.2, 0.25) is 0 Å². The van der Waals surface area contributed by atoms with E-state index in [-0.39, 0.29) is 17.0 Å². The van der Waals surface area contributed by atoms with Crippen molar-refractivity contribution in [1.82, 2.24) is 14.3 Å². The zero-order valence-electron chi connectivity index (χ0n) is 19.6. The Morgan fingerprint density at radius 1 is 0.971 bits per heavy atom. The van der Waals surface area contributed by atoms with E-state index in [0.717, 1.165) is 17.0 Å². The minimum Gasteiger partial charge on any atom is -0.452 e. The van der Waals surface area contributed by atoms with Crippen LogP contribution in [0.3, 0.4) is 0 Å². The van der Waals surface area contributed by atoms with Crippen LogP contribution in [0.4, 0.5) is 0 Å². The molecule has 0 aliphatic carbocycles. The molecule has 0 N–H and O–H groups in total. The molecular weight excluding hydrogens is 430 g/mol. The lowest BCUT2D eigenvalue weighted by Crippen LogP contribution is -2.27. The first-order valence-electron chi connectivity index (χ1n) is 11.3. The highest BCUT2D eigenvalue weighted by molar-refractivity contribution is 6.04. The number of hydrogen-bond donors (Lipinski definition) is 0. The molecule has 0 aliphatic rings. The minimum atomic E-state index is -0.729. The van der Waals surface area contributed by atoms with E-state index in [1.54, 1.807) is 24.3 Å². The molecule has 0 aliphatic heterocycles. The second-order valence-electron chi connectivity index (χ2n) is 8.28. The molecule has 2 aromatic carbocycles. The van der Waals surface area contributed by atoms with Crippen molar-refractivity contribution >= 4 is 22.5 Å². The number of carbonyl (C=O) groups is 2. The van der Waals surface area contributed by atoms with Gasteiger partial charge < -0.3 is 9.30 Å². The van der Waals surface area contributed by atoms with Crippen LogP contribution >= 0.6 is 0 Å². The zero-order valence-corrected chi connectivity index (χ0v) is 19.6. The standard InChI is InChI=1S/C27H27N3O4/c1-4-14-30-26(32)22-13-9-8-12-21(22)25(28-30)27(33)34-17-24(31)23-15-18(2)29(19(23)3)16-20-10-6-5-7-11-20/h5-13,15H,4,14,16-17H2,1-3H3. The maximum absolute atomic E-state index is 12.9. The Balaban J connectivity index is 1.55. The summed E-state index contributed by atoms with van der Waals surface area (Å²) in [5, 5.41) is 5.05. The van der Waals surface area contributed by atoms with Crippen LogP contribution in [-0.4, -0.2) is 32.7 Å². The fourth-order valence-electron chi connectivity index (χ4n) is 4.12. The molecule has 0 saturated carbocycles. The first-order valence-corrected chi connectivity index (χ1v) is 11.3. The van der Waals surface area contributed by atoms with E-state index >= 15 is 0 Å². The highest BCUT2D eigenvalue weighted by Crippen LogP contribution is 2.19. The van der Waals surface area contributed by atoms with Crippen LogP contribution < -0.4 is 5.56 Å². The minimum absolute atomic E-state index is 0.0333. The summed E-state index contributed by atoms with van der Waals surface area (Å²) in [5.74, 6) is -1.01. The van der Waals surface area contributed by atoms with E-state index in [1.807, 2.05) is 57.2 Å². The molecular formula is C27H27N3O4. The lowest BCUT2D eigenvalue weighted by molar-refractivity contribution is 0.0468. The molecule has 7 heteroatoms. The molecule has 7 nitrogen and oxygen atoms in total. The summed E-state index contributed by atoms with van der Waals surface area (Å²) in [4.78, 5) is 38.5. The van der Waals surface area contributed by atoms with Crippen LogP contribution in [0, 0.1) is 13.8 Å². The number of Topliss-reactive ketones (excluding diaryl/α,β-unsaturated/α-hetero) is 1. The number of aryl methyl sites for hydroxylation is 2. The summed E-state index contributed by atoms with van der Waals surface area (Å²) >= 11 is 0. The molecule has 0 atom stereocenters. The summed E-state index contributed by atoms with van der Waals surface area (Å²) in [7, 11) is 0. The van der Waals surface area contributed by atoms with Crippen LogP contribution in [0.25, 0.3) is 10.8 Å². The number of ether oxygens (including phenoxy) is 1. The van der Waals surface area contributed by atoms with Crippen molar-refractivity contribution in [3.05, 3.63) is 99.2 Å². The number of ketones is 1. The van der Waals surface area contributed by atoms with Gasteiger partial charge in [0.05, 0.1) is 5.39 Å². The average Bonchev–Trinajstić information content (AvgIpc) is 3.13. The van der Waals surface area contributed by atoms with Gasteiger partial charge in [-0.3, -0.25) is 9.59 Å². The Labute approximate surface area is 197 Å². The number of hydrogen-bond acceptors (Lipinski definition) is 5. The number of aromatic nitrogens is 3. The van der Waals surface area contributed by atoms with E-state index in [0.29, 0.717) is 35.8 Å². The SMILES string of the molecule is CCCn1nc(C(=O)OCC(=O)c2cc(C)n(Cc3ccccc3)c2C)c2ccccc2c1=O. The quantitative estimate of drug-likeness (QED) is 0.291. The van der Waals surface area contributed by atoms with Gasteiger partial charge in [-0.1, -0.05) is 55.5 Å². The molecule has 0 spiro atoms. The van der Waals surface area contributed by atoms with E-state index in [2.05, 4.69) is 9.67 Å². The summed E-state index contributed by atoms with van der Waals surface area (Å²) in [6.45, 7) is 6.40. The van der Waals surface area contributed by atoms with Crippen molar-refractivity contribution in [3.8, 4) is 0 Å². The van der Waals surface area contributed by atoms with Gasteiger partial charge in [-0.2, -0.15) is 5.10 Å². The molecule has 0 amide bonds. The topological polar surface area (TPSA) is 83.2 Å². The molecule has 0 fully saturated rings. The molecule has 2 heterocycles. The Hall–Kier alpha value is -4.00. The smallest absolute Gasteiger partial charge is 0.359 e. The van der Waals surface area contributed by atoms with Gasteiger partial charge >= 0.3 is 5.97 Å². The molecule has 4 rings (SSSR count). The van der Waals surface area contributed by atoms with Crippen LogP contribution in [0.15, 0.2) is 65.5 Å². The van der Waals surface area contributed by atoms with Gasteiger partial charge in [0.15, 0.2) is 12.3 Å². The molecule has 2 aromatic heterocycles. The van der Waals surface area contributed by atoms with Crippen molar-refractivity contribution in [2.45, 2.75) is 40.3 Å². The predicted molar refractivity (Wildman–Crippen MR) is 130 cm³/mol. The second-order valence-corrected chi connectivity index (χ2v) is 8.28. The van der Waals surface area contributed by atoms with Crippen molar-refractivity contribution in [2.75, 3.05) is 6.61 Å². The lowest BCUT2D eigenvalue weighted by Gasteiger charge is -2.11. The van der Waals surface area contributed by atoms with Crippen LogP contribution in [-0.2, 0) is 17.8 Å². The average molecular weight is 458 g/mol. The molecule has 34 heavy (non-hydrogen) atoms. The summed E-state index contributed by atoms with van der Waals surface area (Å²) in [6.07, 6.45) is 0.691. The summed E-state index contributed by atoms with van der Waals surface area (Å²) in [6, 6.07) is 18.6. The van der Waals surface area contributed by atoms with Gasteiger partial charge in [-0.05, 0) is 38.0 Å². The van der Waals surface area contributed by atoms with Crippen LogP contribution in [0.5, 0.6) is 0 Å². The van der Waals surface area contributed by atoms with Gasteiger partial charge in [0.25, 0.3) is 5.56 Å². The van der Waals surface area contributed by atoms with Crippen LogP contribution in [0.1, 0.15) is 51.1 Å². The summed E-state index contributed by atoms with van der Waals surface area (Å²) in [5.41, 5.74) is 3.21. The van der Waals surface area contributed by atoms with Crippen molar-refractivity contribution in [3.63, 3.8) is 0 Å². The molecule has 4 aromatic rings. The Morgan fingerprint density at radius 3 is 2.35 bits per heavy atom. The number of carbonyl (C=O) groups excluding carboxylic acids is 2. The maximum Gasteiger partial charge on any atom is 0.359 e. The van der Waals surface area contributed by atoms with E-state index in [1.165, 1.54) is 4.68 Å². The fourth-order valence-corrected chi connectivity index (χ4v) is 4.12. The number of nitrogens with zero attached hydrogens (tertiary/aromatic N) is 3. The largest absolute Gasteiger partial charge is 0.452 e. The Morgan fingerprint density at radius 2 is 1.65 bits per heavy atom. The zero-order chi connectivity index (χ0) is 24.2. The predicted octanol–water partition coefficient (Wildman–Crippen LogP) is 4.31. The Kier molecular flexibility index (Phi) is 6.72. The molecule has 0 bridgehead atoms. The van der Waals surface area contributed by atoms with Gasteiger partial charge in [-0.15, -0.1) is 0 Å². The molecule has 174 valence electrons. The highest BCUT2D eigenvalue weighted by Gasteiger charge is 2.21. The normalized spacial score (nSPS) is 11.0. The van der Waals surface area contributed by atoms with E-state index < -0.39 is 12.6 Å². The first-order chi connectivity index (χ1) is 16.4. The number of benzene rings is 2. The van der Waals surface area contributed by atoms with Gasteiger partial charge in [0, 0.05) is 35.4 Å². The molecule has 0 radical (unpaired) electrons. The van der Waals surface area contributed by atoms with Gasteiger partial charge in [0.1, 0.15) is 0 Å². The fraction of sp³-hybridized carbons (Fsp3) is 0.259. The van der Waals surface area contributed by atoms with E-state index in [4.69, 9.17) is 4.74 Å². The van der Waals surface area contributed by atoms with Gasteiger partial charge in [-0.25, -0.2) is 9.48 Å². The summed E-state index contributed by atoms with van der Waals surface area (Å²) < 4.78 is 8.72. The number of esters is 1. The molecule has 0 saturated heterocycles. The van der Waals surface area contributed by atoms with Crippen molar-refractivity contribution in [2.24, 2.45) is 0 Å². The third kappa shape index (κ3) is 4.55.